The van der Waals surface area contributed by atoms with Crippen LogP contribution in [0.25, 0.3) is 0 Å². The van der Waals surface area contributed by atoms with Gasteiger partial charge in [0, 0.05) is 24.4 Å². The van der Waals surface area contributed by atoms with Gasteiger partial charge in [-0.1, -0.05) is 13.8 Å². The van der Waals surface area contributed by atoms with E-state index in [0.717, 1.165) is 30.9 Å². The molecule has 2 unspecified atom stereocenters. The Bertz CT molecular complexity index is 290. The zero-order chi connectivity index (χ0) is 14.8. The second kappa shape index (κ2) is 12.8. The molecule has 1 aliphatic carbocycles. The molecule has 2 atom stereocenters. The monoisotopic (exact) mass is 429 g/mol. The summed E-state index contributed by atoms with van der Waals surface area (Å²) in [7, 11) is 0. The molecule has 0 saturated heterocycles. The Morgan fingerprint density at radius 3 is 2.71 bits per heavy atom. The van der Waals surface area contributed by atoms with E-state index in [1.165, 1.54) is 19.3 Å². The van der Waals surface area contributed by atoms with Crippen LogP contribution in [-0.2, 0) is 4.74 Å². The molecule has 0 spiro atoms. The number of hydrogen-bond acceptors (Lipinski definition) is 3. The minimum absolute atomic E-state index is 0. The van der Waals surface area contributed by atoms with Crippen LogP contribution in [0.4, 0.5) is 0 Å². The van der Waals surface area contributed by atoms with Crippen LogP contribution in [0.1, 0.15) is 40.0 Å². The zero-order valence-corrected chi connectivity index (χ0v) is 17.0. The van der Waals surface area contributed by atoms with Gasteiger partial charge >= 0.3 is 0 Å². The SMILES string of the molecule is CCNC(=NCCOCC(C)C)NC1CCC(SC)C1.I. The summed E-state index contributed by atoms with van der Waals surface area (Å²) in [4.78, 5) is 4.59. The van der Waals surface area contributed by atoms with Gasteiger partial charge in [0.05, 0.1) is 13.2 Å². The first kappa shape index (κ1) is 21.3. The molecule has 1 aliphatic rings. The van der Waals surface area contributed by atoms with Crippen molar-refractivity contribution in [2.45, 2.75) is 51.3 Å². The normalized spacial score (nSPS) is 22.2. The molecule has 0 aromatic rings. The van der Waals surface area contributed by atoms with Crippen LogP contribution in [0.2, 0.25) is 0 Å². The third kappa shape index (κ3) is 9.84. The third-order valence-corrected chi connectivity index (χ3v) is 4.45. The summed E-state index contributed by atoms with van der Waals surface area (Å²) in [6.07, 6.45) is 6.02. The Kier molecular flexibility index (Phi) is 13.0. The first-order chi connectivity index (χ1) is 9.65. The van der Waals surface area contributed by atoms with E-state index in [9.17, 15) is 0 Å². The molecule has 0 bridgehead atoms. The van der Waals surface area contributed by atoms with E-state index in [2.05, 4.69) is 42.7 Å². The minimum atomic E-state index is 0. The molecule has 2 N–H and O–H groups in total. The van der Waals surface area contributed by atoms with E-state index < -0.39 is 0 Å². The van der Waals surface area contributed by atoms with Crippen LogP contribution in [0.5, 0.6) is 0 Å². The average molecular weight is 429 g/mol. The molecular weight excluding hydrogens is 397 g/mol. The van der Waals surface area contributed by atoms with Crippen LogP contribution in [-0.4, -0.2) is 49.8 Å². The van der Waals surface area contributed by atoms with Crippen LogP contribution >= 0.6 is 35.7 Å². The van der Waals surface area contributed by atoms with Crippen molar-refractivity contribution in [2.24, 2.45) is 10.9 Å². The van der Waals surface area contributed by atoms with Gasteiger partial charge in [-0.05, 0) is 38.4 Å². The molecular formula is C15H32IN3OS. The number of thioether (sulfide) groups is 1. The Morgan fingerprint density at radius 1 is 1.38 bits per heavy atom. The Labute approximate surface area is 151 Å². The molecule has 1 rings (SSSR count). The van der Waals surface area contributed by atoms with Crippen molar-refractivity contribution in [3.63, 3.8) is 0 Å². The van der Waals surface area contributed by atoms with Crippen molar-refractivity contribution >= 4 is 41.7 Å². The summed E-state index contributed by atoms with van der Waals surface area (Å²) in [5.41, 5.74) is 0. The van der Waals surface area contributed by atoms with Gasteiger partial charge in [-0.25, -0.2) is 0 Å². The van der Waals surface area contributed by atoms with Gasteiger partial charge in [-0.15, -0.1) is 24.0 Å². The molecule has 1 saturated carbocycles. The number of nitrogens with one attached hydrogen (secondary N) is 2. The van der Waals surface area contributed by atoms with E-state index in [1.54, 1.807) is 0 Å². The van der Waals surface area contributed by atoms with Crippen LogP contribution in [0.15, 0.2) is 4.99 Å². The maximum absolute atomic E-state index is 5.56. The van der Waals surface area contributed by atoms with Gasteiger partial charge in [0.1, 0.15) is 0 Å². The highest BCUT2D eigenvalue weighted by Crippen LogP contribution is 2.27. The maximum Gasteiger partial charge on any atom is 0.191 e. The number of ether oxygens (including phenoxy) is 1. The highest BCUT2D eigenvalue weighted by Gasteiger charge is 2.24. The summed E-state index contributed by atoms with van der Waals surface area (Å²) in [6.45, 7) is 9.57. The summed E-state index contributed by atoms with van der Waals surface area (Å²) in [6, 6.07) is 0.571. The molecule has 0 radical (unpaired) electrons. The van der Waals surface area contributed by atoms with Gasteiger partial charge in [0.15, 0.2) is 5.96 Å². The molecule has 126 valence electrons. The summed E-state index contributed by atoms with van der Waals surface area (Å²) in [5, 5.41) is 7.68. The van der Waals surface area contributed by atoms with Gasteiger partial charge < -0.3 is 15.4 Å². The average Bonchev–Trinajstić information content (AvgIpc) is 2.86. The predicted octanol–water partition coefficient (Wildman–Crippen LogP) is 3.12. The first-order valence-electron chi connectivity index (χ1n) is 7.81. The van der Waals surface area contributed by atoms with E-state index in [0.29, 0.717) is 18.6 Å². The summed E-state index contributed by atoms with van der Waals surface area (Å²) in [5.74, 6) is 1.53. The fourth-order valence-corrected chi connectivity index (χ4v) is 3.14. The molecule has 4 nitrogen and oxygen atoms in total. The van der Waals surface area contributed by atoms with E-state index in [4.69, 9.17) is 4.74 Å². The van der Waals surface area contributed by atoms with Crippen molar-refractivity contribution in [2.75, 3.05) is 32.6 Å². The second-order valence-electron chi connectivity index (χ2n) is 5.74. The smallest absolute Gasteiger partial charge is 0.191 e. The van der Waals surface area contributed by atoms with Gasteiger partial charge in [0.25, 0.3) is 0 Å². The van der Waals surface area contributed by atoms with E-state index in [1.807, 2.05) is 11.8 Å². The van der Waals surface area contributed by atoms with E-state index in [-0.39, 0.29) is 24.0 Å². The lowest BCUT2D eigenvalue weighted by molar-refractivity contribution is 0.117. The molecule has 0 aromatic heterocycles. The minimum Gasteiger partial charge on any atom is -0.379 e. The summed E-state index contributed by atoms with van der Waals surface area (Å²) < 4.78 is 5.56. The third-order valence-electron chi connectivity index (χ3n) is 3.36. The van der Waals surface area contributed by atoms with Crippen molar-refractivity contribution in [1.29, 1.82) is 0 Å². The topological polar surface area (TPSA) is 45.7 Å². The Hall–Kier alpha value is 0.310. The number of rotatable bonds is 8. The van der Waals surface area contributed by atoms with E-state index >= 15 is 0 Å². The highest BCUT2D eigenvalue weighted by atomic mass is 127. The van der Waals surface area contributed by atoms with Crippen molar-refractivity contribution in [3.05, 3.63) is 0 Å². The number of hydrogen-bond donors (Lipinski definition) is 2. The fraction of sp³-hybridized carbons (Fsp3) is 0.933. The van der Waals surface area contributed by atoms with Crippen LogP contribution in [0, 0.1) is 5.92 Å². The number of halogens is 1. The fourth-order valence-electron chi connectivity index (χ4n) is 2.34. The predicted molar refractivity (Wildman–Crippen MR) is 105 cm³/mol. The Balaban J connectivity index is 0.00000400. The molecule has 0 aromatic carbocycles. The number of nitrogens with zero attached hydrogens (tertiary/aromatic N) is 1. The number of guanidine groups is 1. The zero-order valence-electron chi connectivity index (χ0n) is 13.9. The van der Waals surface area contributed by atoms with Crippen molar-refractivity contribution in [1.82, 2.24) is 10.6 Å². The van der Waals surface area contributed by atoms with Crippen LogP contribution < -0.4 is 10.6 Å². The van der Waals surface area contributed by atoms with Gasteiger partial charge in [-0.2, -0.15) is 11.8 Å². The standard InChI is InChI=1S/C15H31N3OS.HI/c1-5-16-15(17-8-9-19-11-12(2)3)18-13-6-7-14(10-13)20-4;/h12-14H,5-11H2,1-4H3,(H2,16,17,18);1H. The molecule has 0 aliphatic heterocycles. The first-order valence-corrected chi connectivity index (χ1v) is 9.09. The van der Waals surface area contributed by atoms with Crippen molar-refractivity contribution in [3.8, 4) is 0 Å². The Morgan fingerprint density at radius 2 is 2.14 bits per heavy atom. The molecule has 1 fully saturated rings. The summed E-state index contributed by atoms with van der Waals surface area (Å²) >= 11 is 1.98. The quantitative estimate of drug-likeness (QED) is 0.269. The lowest BCUT2D eigenvalue weighted by atomic mass is 10.2. The van der Waals surface area contributed by atoms with Gasteiger partial charge in [0.2, 0.25) is 0 Å². The molecule has 6 heteroatoms. The van der Waals surface area contributed by atoms with Gasteiger partial charge in [-0.3, -0.25) is 4.99 Å². The molecule has 0 heterocycles. The molecule has 21 heavy (non-hydrogen) atoms. The second-order valence-corrected chi connectivity index (χ2v) is 6.88. The highest BCUT2D eigenvalue weighted by molar-refractivity contribution is 14.0. The largest absolute Gasteiger partial charge is 0.379 e. The lowest BCUT2D eigenvalue weighted by Crippen LogP contribution is -2.42. The molecule has 0 amide bonds. The van der Waals surface area contributed by atoms with Crippen molar-refractivity contribution < 1.29 is 4.74 Å². The number of aliphatic imine (C=N–C) groups is 1. The maximum atomic E-state index is 5.56. The van der Waals surface area contributed by atoms with Crippen LogP contribution in [0.3, 0.4) is 0 Å². The lowest BCUT2D eigenvalue weighted by Gasteiger charge is -2.17.